The maximum absolute atomic E-state index is 10.8. The zero-order valence-corrected chi connectivity index (χ0v) is 11.3. The summed E-state index contributed by atoms with van der Waals surface area (Å²) in [6.45, 7) is 12.2. The van der Waals surface area contributed by atoms with Crippen molar-refractivity contribution in [2.75, 3.05) is 20.1 Å². The molecule has 0 aliphatic carbocycles. The van der Waals surface area contributed by atoms with Crippen molar-refractivity contribution in [1.29, 1.82) is 0 Å². The predicted molar refractivity (Wildman–Crippen MR) is 66.6 cm³/mol. The lowest BCUT2D eigenvalue weighted by molar-refractivity contribution is -0.139. The van der Waals surface area contributed by atoms with E-state index in [0.717, 1.165) is 6.54 Å². The first-order valence-electron chi connectivity index (χ1n) is 5.72. The van der Waals surface area contributed by atoms with Crippen LogP contribution in [0, 0.1) is 10.8 Å². The van der Waals surface area contributed by atoms with Crippen LogP contribution in [0.2, 0.25) is 0 Å². The SMILES string of the molecule is CNC(CNCC(C)(C)C(C)(C)C)C(=O)O. The highest BCUT2D eigenvalue weighted by Crippen LogP contribution is 2.36. The molecule has 0 bridgehead atoms. The van der Waals surface area contributed by atoms with Gasteiger partial charge < -0.3 is 15.7 Å². The first-order valence-corrected chi connectivity index (χ1v) is 5.72. The monoisotopic (exact) mass is 230 g/mol. The molecule has 0 spiro atoms. The van der Waals surface area contributed by atoms with E-state index in [1.54, 1.807) is 7.05 Å². The van der Waals surface area contributed by atoms with Gasteiger partial charge in [0.1, 0.15) is 6.04 Å². The Labute approximate surface area is 98.8 Å². The smallest absolute Gasteiger partial charge is 0.322 e. The lowest BCUT2D eigenvalue weighted by Gasteiger charge is -2.39. The molecule has 0 aliphatic rings. The lowest BCUT2D eigenvalue weighted by atomic mass is 9.69. The summed E-state index contributed by atoms with van der Waals surface area (Å²) in [5.74, 6) is -0.816. The minimum absolute atomic E-state index is 0.129. The predicted octanol–water partition coefficient (Wildman–Crippen LogP) is 1.32. The van der Waals surface area contributed by atoms with Gasteiger partial charge in [0.25, 0.3) is 0 Å². The number of likely N-dealkylation sites (N-methyl/N-ethyl adjacent to an activating group) is 1. The normalized spacial score (nSPS) is 14.9. The van der Waals surface area contributed by atoms with Crippen molar-refractivity contribution < 1.29 is 9.90 Å². The minimum atomic E-state index is -0.816. The second kappa shape index (κ2) is 5.64. The minimum Gasteiger partial charge on any atom is -0.480 e. The standard InChI is InChI=1S/C12H26N2O2/c1-11(2,3)12(4,5)8-14-7-9(13-6)10(15)16/h9,13-14H,7-8H2,1-6H3,(H,15,16). The van der Waals surface area contributed by atoms with Gasteiger partial charge in [-0.1, -0.05) is 34.6 Å². The quantitative estimate of drug-likeness (QED) is 0.644. The van der Waals surface area contributed by atoms with Gasteiger partial charge in [-0.3, -0.25) is 4.79 Å². The zero-order chi connectivity index (χ0) is 13.0. The molecule has 1 atom stereocenters. The van der Waals surface area contributed by atoms with Crippen LogP contribution in [0.25, 0.3) is 0 Å². The van der Waals surface area contributed by atoms with Crippen LogP contribution in [0.15, 0.2) is 0 Å². The van der Waals surface area contributed by atoms with Gasteiger partial charge >= 0.3 is 5.97 Å². The van der Waals surface area contributed by atoms with Gasteiger partial charge in [-0.2, -0.15) is 0 Å². The van der Waals surface area contributed by atoms with Gasteiger partial charge in [0.15, 0.2) is 0 Å². The van der Waals surface area contributed by atoms with E-state index in [1.165, 1.54) is 0 Å². The van der Waals surface area contributed by atoms with Crippen molar-refractivity contribution in [3.8, 4) is 0 Å². The van der Waals surface area contributed by atoms with Crippen LogP contribution in [0.3, 0.4) is 0 Å². The number of nitrogens with one attached hydrogen (secondary N) is 2. The Bertz CT molecular complexity index is 232. The average molecular weight is 230 g/mol. The van der Waals surface area contributed by atoms with E-state index in [4.69, 9.17) is 5.11 Å². The summed E-state index contributed by atoms with van der Waals surface area (Å²) in [7, 11) is 1.66. The van der Waals surface area contributed by atoms with Gasteiger partial charge in [0, 0.05) is 13.1 Å². The van der Waals surface area contributed by atoms with Crippen LogP contribution >= 0.6 is 0 Å². The van der Waals surface area contributed by atoms with E-state index >= 15 is 0 Å². The van der Waals surface area contributed by atoms with Crippen LogP contribution < -0.4 is 10.6 Å². The van der Waals surface area contributed by atoms with Crippen molar-refractivity contribution >= 4 is 5.97 Å². The molecule has 0 rings (SSSR count). The zero-order valence-electron chi connectivity index (χ0n) is 11.3. The fourth-order valence-electron chi connectivity index (χ4n) is 1.11. The van der Waals surface area contributed by atoms with Crippen molar-refractivity contribution in [3.63, 3.8) is 0 Å². The molecule has 0 aromatic rings. The van der Waals surface area contributed by atoms with Crippen LogP contribution in [0.4, 0.5) is 0 Å². The Morgan fingerprint density at radius 2 is 1.75 bits per heavy atom. The second-order valence-corrected chi connectivity index (χ2v) is 5.94. The Morgan fingerprint density at radius 1 is 1.25 bits per heavy atom. The van der Waals surface area contributed by atoms with Gasteiger partial charge in [0.2, 0.25) is 0 Å². The summed E-state index contributed by atoms with van der Waals surface area (Å²) in [5.41, 5.74) is 0.322. The maximum atomic E-state index is 10.8. The molecule has 0 saturated heterocycles. The van der Waals surface area contributed by atoms with Gasteiger partial charge in [-0.25, -0.2) is 0 Å². The second-order valence-electron chi connectivity index (χ2n) is 5.94. The number of rotatable bonds is 6. The molecule has 0 heterocycles. The van der Waals surface area contributed by atoms with Crippen molar-refractivity contribution in [3.05, 3.63) is 0 Å². The third kappa shape index (κ3) is 4.49. The maximum Gasteiger partial charge on any atom is 0.322 e. The van der Waals surface area contributed by atoms with E-state index in [1.807, 2.05) is 0 Å². The molecule has 96 valence electrons. The molecule has 1 unspecified atom stereocenters. The van der Waals surface area contributed by atoms with E-state index in [0.29, 0.717) is 6.54 Å². The highest BCUT2D eigenvalue weighted by atomic mass is 16.4. The molecule has 16 heavy (non-hydrogen) atoms. The number of aliphatic carboxylic acids is 1. The fraction of sp³-hybridized carbons (Fsp3) is 0.917. The van der Waals surface area contributed by atoms with E-state index < -0.39 is 12.0 Å². The van der Waals surface area contributed by atoms with Crippen LogP contribution in [0.5, 0.6) is 0 Å². The van der Waals surface area contributed by atoms with Gasteiger partial charge in [-0.15, -0.1) is 0 Å². The first kappa shape index (κ1) is 15.4. The summed E-state index contributed by atoms with van der Waals surface area (Å²) < 4.78 is 0. The summed E-state index contributed by atoms with van der Waals surface area (Å²) in [6, 6.07) is -0.518. The molecule has 0 saturated carbocycles. The highest BCUT2D eigenvalue weighted by Gasteiger charge is 2.32. The number of carbonyl (C=O) groups is 1. The van der Waals surface area contributed by atoms with E-state index in [-0.39, 0.29) is 10.8 Å². The van der Waals surface area contributed by atoms with Crippen molar-refractivity contribution in [1.82, 2.24) is 10.6 Å². The van der Waals surface area contributed by atoms with E-state index in [2.05, 4.69) is 45.3 Å². The molecule has 0 aromatic carbocycles. The molecule has 4 heteroatoms. The Morgan fingerprint density at radius 3 is 2.06 bits per heavy atom. The number of carboxylic acid groups (broad SMARTS) is 1. The molecule has 0 aromatic heterocycles. The Hall–Kier alpha value is -0.610. The average Bonchev–Trinajstić information content (AvgIpc) is 2.09. The Balaban J connectivity index is 4.12. The molecule has 0 aliphatic heterocycles. The van der Waals surface area contributed by atoms with Crippen LogP contribution in [-0.2, 0) is 4.79 Å². The Kier molecular flexibility index (Phi) is 5.42. The van der Waals surface area contributed by atoms with Gasteiger partial charge in [0.05, 0.1) is 0 Å². The first-order chi connectivity index (χ1) is 7.12. The van der Waals surface area contributed by atoms with Crippen LogP contribution in [0.1, 0.15) is 34.6 Å². The molecule has 0 fully saturated rings. The lowest BCUT2D eigenvalue weighted by Crippen LogP contribution is -2.47. The molecule has 0 amide bonds. The molecule has 4 nitrogen and oxygen atoms in total. The summed E-state index contributed by atoms with van der Waals surface area (Å²) in [4.78, 5) is 10.8. The summed E-state index contributed by atoms with van der Waals surface area (Å²) in [6.07, 6.45) is 0. The summed E-state index contributed by atoms with van der Waals surface area (Å²) >= 11 is 0. The topological polar surface area (TPSA) is 61.4 Å². The van der Waals surface area contributed by atoms with Crippen molar-refractivity contribution in [2.45, 2.75) is 40.7 Å². The number of carboxylic acids is 1. The molecular formula is C12H26N2O2. The third-order valence-electron chi connectivity index (χ3n) is 3.59. The molecular weight excluding hydrogens is 204 g/mol. The number of hydrogen-bond acceptors (Lipinski definition) is 3. The molecule has 3 N–H and O–H groups in total. The molecule has 0 radical (unpaired) electrons. The number of hydrogen-bond donors (Lipinski definition) is 3. The van der Waals surface area contributed by atoms with E-state index in [9.17, 15) is 4.79 Å². The summed E-state index contributed by atoms with van der Waals surface area (Å²) in [5, 5.41) is 14.8. The third-order valence-corrected chi connectivity index (χ3v) is 3.59. The largest absolute Gasteiger partial charge is 0.480 e. The van der Waals surface area contributed by atoms with Crippen molar-refractivity contribution in [2.24, 2.45) is 10.8 Å². The highest BCUT2D eigenvalue weighted by molar-refractivity contribution is 5.73. The fourth-order valence-corrected chi connectivity index (χ4v) is 1.11. The van der Waals surface area contributed by atoms with Crippen LogP contribution in [-0.4, -0.2) is 37.3 Å². The van der Waals surface area contributed by atoms with Gasteiger partial charge in [-0.05, 0) is 17.9 Å².